The Balaban J connectivity index is 1.94. The number of nitrogens with zero attached hydrogens (tertiary/aromatic N) is 3. The highest BCUT2D eigenvalue weighted by Gasteiger charge is 2.36. The Morgan fingerprint density at radius 2 is 1.97 bits per heavy atom. The molecule has 0 radical (unpaired) electrons. The fourth-order valence-electron chi connectivity index (χ4n) is 2.27. The summed E-state index contributed by atoms with van der Waals surface area (Å²) in [4.78, 5) is 46.7. The lowest BCUT2D eigenvalue weighted by atomic mass is 10.1. The first-order valence-corrected chi connectivity index (χ1v) is 9.39. The summed E-state index contributed by atoms with van der Waals surface area (Å²) in [6.45, 7) is -0.806. The molecule has 12 heteroatoms. The fraction of sp³-hybridized carbons (Fsp3) is 0.235. The van der Waals surface area contributed by atoms with E-state index in [1.54, 1.807) is 25.3 Å². The van der Waals surface area contributed by atoms with Gasteiger partial charge in [-0.05, 0) is 36.4 Å². The van der Waals surface area contributed by atoms with Crippen molar-refractivity contribution in [3.05, 3.63) is 48.1 Å². The topological polar surface area (TPSA) is 133 Å². The number of methoxy groups -OCH3 is 1. The van der Waals surface area contributed by atoms with Crippen molar-refractivity contribution in [3.63, 3.8) is 0 Å². The lowest BCUT2D eigenvalue weighted by Crippen LogP contribution is -2.32. The first kappa shape index (κ1) is 22.5. The maximum atomic E-state index is 12.0. The van der Waals surface area contributed by atoms with Crippen LogP contribution >= 0.6 is 8.60 Å². The van der Waals surface area contributed by atoms with Crippen molar-refractivity contribution >= 4 is 38.2 Å². The van der Waals surface area contributed by atoms with Crippen molar-refractivity contribution in [3.8, 4) is 0 Å². The highest BCUT2D eigenvalue weighted by atomic mass is 31.2. The Labute approximate surface area is 168 Å². The quantitative estimate of drug-likeness (QED) is 0.129. The number of nitrogens with one attached hydrogen (secondary N) is 1. The zero-order valence-electron chi connectivity index (χ0n) is 15.8. The molecular weight excluding hydrogens is 403 g/mol. The fourth-order valence-corrected chi connectivity index (χ4v) is 2.49. The zero-order chi connectivity index (χ0) is 21.2. The molecular formula is C17H21N4O7P. The smallest absolute Gasteiger partial charge is 0.349 e. The van der Waals surface area contributed by atoms with Crippen LogP contribution in [-0.4, -0.2) is 65.3 Å². The van der Waals surface area contributed by atoms with Gasteiger partial charge in [-0.2, -0.15) is 5.10 Å². The first-order valence-electron chi connectivity index (χ1n) is 8.23. The molecule has 156 valence electrons. The molecule has 1 aliphatic heterocycles. The normalized spacial score (nSPS) is 15.4. The summed E-state index contributed by atoms with van der Waals surface area (Å²) < 4.78 is 9.85. The second kappa shape index (κ2) is 11.2. The molecule has 0 saturated carbocycles. The van der Waals surface area contributed by atoms with Crippen LogP contribution in [0.25, 0.3) is 5.76 Å². The predicted octanol–water partition coefficient (Wildman–Crippen LogP) is 1.64. The minimum Gasteiger partial charge on any atom is -0.496 e. The number of allylic oxidation sites excluding steroid dienone is 3. The van der Waals surface area contributed by atoms with Gasteiger partial charge in [0.1, 0.15) is 19.0 Å². The van der Waals surface area contributed by atoms with Gasteiger partial charge < -0.3 is 14.5 Å². The average molecular weight is 424 g/mol. The van der Waals surface area contributed by atoms with E-state index in [4.69, 9.17) is 19.4 Å². The van der Waals surface area contributed by atoms with Crippen molar-refractivity contribution in [2.24, 2.45) is 5.10 Å². The number of amides is 3. The number of ether oxygens (including phenoxy) is 1. The number of carbonyl (C=O) groups is 2. The highest BCUT2D eigenvalue weighted by Crippen LogP contribution is 2.25. The molecule has 0 bridgehead atoms. The van der Waals surface area contributed by atoms with Gasteiger partial charge in [0, 0.05) is 11.8 Å². The number of urea groups is 1. The van der Waals surface area contributed by atoms with Crippen LogP contribution in [0.4, 0.5) is 10.5 Å². The van der Waals surface area contributed by atoms with E-state index >= 15 is 0 Å². The molecule has 1 saturated heterocycles. The Morgan fingerprint density at radius 3 is 2.59 bits per heavy atom. The van der Waals surface area contributed by atoms with Crippen LogP contribution in [-0.2, 0) is 18.9 Å². The number of hydrazone groups is 1. The number of carbonyl (C=O) groups excluding carboxylic acids is 2. The Kier molecular flexibility index (Phi) is 8.71. The molecule has 1 aliphatic rings. The zero-order valence-corrected chi connectivity index (χ0v) is 16.7. The Morgan fingerprint density at radius 1 is 1.24 bits per heavy atom. The first-order chi connectivity index (χ1) is 14.0. The third-order valence-corrected chi connectivity index (χ3v) is 3.95. The van der Waals surface area contributed by atoms with Gasteiger partial charge in [-0.3, -0.25) is 19.6 Å². The minimum atomic E-state index is -2.66. The molecule has 1 fully saturated rings. The third-order valence-electron chi connectivity index (χ3n) is 3.60. The van der Waals surface area contributed by atoms with Crippen LogP contribution in [0.5, 0.6) is 0 Å². The number of hydrogen-bond donors (Lipinski definition) is 3. The van der Waals surface area contributed by atoms with E-state index in [0.717, 1.165) is 21.2 Å². The number of imide groups is 1. The van der Waals surface area contributed by atoms with E-state index in [0.29, 0.717) is 5.76 Å². The van der Waals surface area contributed by atoms with Crippen LogP contribution in [0.15, 0.2) is 47.6 Å². The van der Waals surface area contributed by atoms with Crippen molar-refractivity contribution in [2.75, 3.05) is 33.0 Å². The van der Waals surface area contributed by atoms with Gasteiger partial charge in [0.25, 0.3) is 5.91 Å². The summed E-state index contributed by atoms with van der Waals surface area (Å²) >= 11 is 0. The van der Waals surface area contributed by atoms with Crippen LogP contribution in [0.3, 0.4) is 0 Å². The van der Waals surface area contributed by atoms with Gasteiger partial charge in [0.2, 0.25) is 0 Å². The maximum absolute atomic E-state index is 12.0. The second-order valence-corrected chi connectivity index (χ2v) is 6.20. The van der Waals surface area contributed by atoms with Crippen LogP contribution < -0.4 is 5.48 Å². The van der Waals surface area contributed by atoms with Gasteiger partial charge in [-0.15, -0.1) is 0 Å². The lowest BCUT2D eigenvalue weighted by Gasteiger charge is -2.13. The standard InChI is InChI=1S/C17H21N4O7P/c1-26-15(13-6-8-14(9-7-13)19-27-2)5-3-4-10-18-21-11-16(22)20(17(21)23)12-28-29(24)25/h3-10,19,24-25H,11-12H2,1-2H3/b4-3+,15-5-,18-10+. The third kappa shape index (κ3) is 6.63. The van der Waals surface area contributed by atoms with Gasteiger partial charge in [0.05, 0.1) is 19.9 Å². The number of benzene rings is 1. The summed E-state index contributed by atoms with van der Waals surface area (Å²) in [5.41, 5.74) is 4.36. The summed E-state index contributed by atoms with van der Waals surface area (Å²) in [6.07, 6.45) is 6.29. The second-order valence-electron chi connectivity index (χ2n) is 5.44. The summed E-state index contributed by atoms with van der Waals surface area (Å²) in [6, 6.07) is 6.66. The van der Waals surface area contributed by atoms with Gasteiger partial charge in [0.15, 0.2) is 0 Å². The van der Waals surface area contributed by atoms with E-state index in [9.17, 15) is 9.59 Å². The maximum Gasteiger partial charge on any atom is 0.349 e. The van der Waals surface area contributed by atoms with E-state index in [1.165, 1.54) is 13.3 Å². The molecule has 0 unspecified atom stereocenters. The molecule has 1 heterocycles. The van der Waals surface area contributed by atoms with Crippen LogP contribution in [0, 0.1) is 0 Å². The molecule has 0 atom stereocenters. The van der Waals surface area contributed by atoms with Crippen molar-refractivity contribution < 1.29 is 33.5 Å². The molecule has 0 spiro atoms. The molecule has 0 aliphatic carbocycles. The number of anilines is 1. The molecule has 2 rings (SSSR count). The average Bonchev–Trinajstić information content (AvgIpc) is 2.97. The number of hydrogen-bond acceptors (Lipinski definition) is 9. The van der Waals surface area contributed by atoms with Crippen molar-refractivity contribution in [2.45, 2.75) is 0 Å². The molecule has 0 aromatic heterocycles. The van der Waals surface area contributed by atoms with Crippen LogP contribution in [0.2, 0.25) is 0 Å². The van der Waals surface area contributed by atoms with E-state index < -0.39 is 27.3 Å². The summed E-state index contributed by atoms with van der Waals surface area (Å²) in [7, 11) is 0.414. The van der Waals surface area contributed by atoms with Gasteiger partial charge in [-0.25, -0.2) is 14.7 Å². The van der Waals surface area contributed by atoms with Gasteiger partial charge >= 0.3 is 14.6 Å². The molecule has 1 aromatic carbocycles. The SMILES string of the molecule is CONc1ccc(/C(=C/C=C/C=N/N2CC(=O)N(COP(O)O)C2=O)OC)cc1. The molecule has 3 N–H and O–H groups in total. The Hall–Kier alpha value is -2.82. The molecule has 29 heavy (non-hydrogen) atoms. The van der Waals surface area contributed by atoms with E-state index in [-0.39, 0.29) is 6.54 Å². The van der Waals surface area contributed by atoms with Gasteiger partial charge in [-0.1, -0.05) is 6.08 Å². The monoisotopic (exact) mass is 424 g/mol. The Bertz CT molecular complexity index is 795. The minimum absolute atomic E-state index is 0.262. The summed E-state index contributed by atoms with van der Waals surface area (Å²) in [5, 5.41) is 4.84. The highest BCUT2D eigenvalue weighted by molar-refractivity contribution is 7.39. The summed E-state index contributed by atoms with van der Waals surface area (Å²) in [5.74, 6) is 0.0554. The molecule has 1 aromatic rings. The van der Waals surface area contributed by atoms with E-state index in [1.807, 2.05) is 24.3 Å². The lowest BCUT2D eigenvalue weighted by molar-refractivity contribution is -0.127. The molecule has 3 amide bonds. The molecule has 11 nitrogen and oxygen atoms in total. The van der Waals surface area contributed by atoms with Crippen molar-refractivity contribution in [1.82, 2.24) is 9.91 Å². The van der Waals surface area contributed by atoms with E-state index in [2.05, 4.69) is 15.1 Å². The largest absolute Gasteiger partial charge is 0.496 e. The predicted molar refractivity (Wildman–Crippen MR) is 106 cm³/mol. The van der Waals surface area contributed by atoms with Crippen molar-refractivity contribution in [1.29, 1.82) is 0 Å². The van der Waals surface area contributed by atoms with Crippen LogP contribution in [0.1, 0.15) is 5.56 Å². The number of rotatable bonds is 10.